The molecule has 0 aromatic rings. The first kappa shape index (κ1) is 14.1. The van der Waals surface area contributed by atoms with Gasteiger partial charge in [0, 0.05) is 36.2 Å². The number of nitrogens with zero attached hydrogens (tertiary/aromatic N) is 1. The Morgan fingerprint density at radius 2 is 2.06 bits per heavy atom. The van der Waals surface area contributed by atoms with Crippen molar-refractivity contribution in [2.75, 3.05) is 32.0 Å². The molecule has 0 aliphatic carbocycles. The molecule has 0 aromatic heterocycles. The maximum atomic E-state index is 12.1. The Kier molecular flexibility index (Phi) is 5.37. The van der Waals surface area contributed by atoms with Crippen LogP contribution in [-0.2, 0) is 10.8 Å². The van der Waals surface area contributed by atoms with Gasteiger partial charge in [0.2, 0.25) is 0 Å². The van der Waals surface area contributed by atoms with Crippen molar-refractivity contribution < 1.29 is 14.4 Å². The normalized spacial score (nSPS) is 27.9. The van der Waals surface area contributed by atoms with Gasteiger partial charge >= 0.3 is 0 Å². The monoisotopic (exact) mass is 249 g/mol. The minimum absolute atomic E-state index is 0.118. The van der Waals surface area contributed by atoms with Crippen LogP contribution in [0.2, 0.25) is 0 Å². The van der Waals surface area contributed by atoms with E-state index in [1.807, 2.05) is 0 Å². The first-order valence-electron chi connectivity index (χ1n) is 5.97. The number of hydrogen-bond acceptors (Lipinski definition) is 4. The van der Waals surface area contributed by atoms with E-state index in [2.05, 4.69) is 18.7 Å². The van der Waals surface area contributed by atoms with Crippen LogP contribution in [0.3, 0.4) is 0 Å². The van der Waals surface area contributed by atoms with Crippen molar-refractivity contribution in [1.29, 1.82) is 0 Å². The van der Waals surface area contributed by atoms with Crippen LogP contribution in [0.15, 0.2) is 0 Å². The van der Waals surface area contributed by atoms with Crippen LogP contribution in [0, 0.1) is 0 Å². The molecular weight excluding hydrogens is 226 g/mol. The molecule has 0 spiro atoms. The maximum absolute atomic E-state index is 12.1. The second-order valence-corrected chi connectivity index (χ2v) is 6.48. The minimum Gasteiger partial charge on any atom is -0.394 e. The van der Waals surface area contributed by atoms with Crippen LogP contribution >= 0.6 is 0 Å². The summed E-state index contributed by atoms with van der Waals surface area (Å²) in [5.41, 5.74) is 0. The Morgan fingerprint density at radius 3 is 2.56 bits per heavy atom. The van der Waals surface area contributed by atoms with E-state index in [0.29, 0.717) is 12.3 Å². The van der Waals surface area contributed by atoms with Crippen LogP contribution in [-0.4, -0.2) is 62.2 Å². The molecule has 5 heteroatoms. The number of rotatable bonds is 5. The molecule has 0 amide bonds. The highest BCUT2D eigenvalue weighted by Gasteiger charge is 2.38. The molecule has 0 bridgehead atoms. The average Bonchev–Trinajstić information content (AvgIpc) is 2.31. The van der Waals surface area contributed by atoms with Gasteiger partial charge in [-0.1, -0.05) is 13.8 Å². The summed E-state index contributed by atoms with van der Waals surface area (Å²) in [7, 11) is -0.760. The summed E-state index contributed by atoms with van der Waals surface area (Å²) in [6.07, 6.45) is 1.13. The van der Waals surface area contributed by atoms with E-state index in [1.54, 1.807) is 0 Å². The predicted molar refractivity (Wildman–Crippen MR) is 65.9 cm³/mol. The van der Waals surface area contributed by atoms with Gasteiger partial charge in [-0.15, -0.1) is 0 Å². The molecule has 1 fully saturated rings. The van der Waals surface area contributed by atoms with Gasteiger partial charge in [-0.25, -0.2) is 0 Å². The van der Waals surface area contributed by atoms with Gasteiger partial charge in [-0.3, -0.25) is 9.11 Å². The molecule has 0 saturated carbocycles. The fourth-order valence-corrected chi connectivity index (χ4v) is 4.12. The Balaban J connectivity index is 2.63. The van der Waals surface area contributed by atoms with E-state index in [4.69, 9.17) is 5.11 Å². The number of aliphatic hydroxyl groups excluding tert-OH is 2. The van der Waals surface area contributed by atoms with E-state index in [1.165, 1.54) is 0 Å². The van der Waals surface area contributed by atoms with Gasteiger partial charge in [0.15, 0.2) is 0 Å². The van der Waals surface area contributed by atoms with Crippen LogP contribution in [0.25, 0.3) is 0 Å². The van der Waals surface area contributed by atoms with Gasteiger partial charge in [0.1, 0.15) is 0 Å². The van der Waals surface area contributed by atoms with Crippen molar-refractivity contribution in [2.45, 2.75) is 37.5 Å². The van der Waals surface area contributed by atoms with Crippen molar-refractivity contribution >= 4 is 10.8 Å². The van der Waals surface area contributed by atoms with Gasteiger partial charge in [-0.2, -0.15) is 0 Å². The summed E-state index contributed by atoms with van der Waals surface area (Å²) in [5.74, 6) is 0.680. The number of β-amino-alcohol motifs (C(OH)–C–C–N with tert-alkyl or cyclic N) is 1. The van der Waals surface area contributed by atoms with Crippen LogP contribution in [0.1, 0.15) is 26.7 Å². The van der Waals surface area contributed by atoms with E-state index in [-0.39, 0.29) is 11.4 Å². The Hall–Kier alpha value is 0.0300. The molecule has 2 N–H and O–H groups in total. The van der Waals surface area contributed by atoms with Crippen LogP contribution in [0.4, 0.5) is 0 Å². The van der Waals surface area contributed by atoms with Crippen molar-refractivity contribution in [3.05, 3.63) is 0 Å². The quantitative estimate of drug-likeness (QED) is 0.718. The zero-order chi connectivity index (χ0) is 12.2. The molecule has 1 aliphatic rings. The number of hydrogen-bond donors (Lipinski definition) is 2. The third-order valence-electron chi connectivity index (χ3n) is 3.56. The van der Waals surface area contributed by atoms with Crippen LogP contribution in [0.5, 0.6) is 0 Å². The van der Waals surface area contributed by atoms with Crippen molar-refractivity contribution in [1.82, 2.24) is 4.90 Å². The van der Waals surface area contributed by atoms with Crippen molar-refractivity contribution in [3.63, 3.8) is 0 Å². The molecule has 1 saturated heterocycles. The highest BCUT2D eigenvalue weighted by molar-refractivity contribution is 7.86. The SMILES string of the molecule is CCC1(CC)CN(C[C@H](O)CO)CCS1=O. The molecule has 0 aromatic carbocycles. The lowest BCUT2D eigenvalue weighted by molar-refractivity contribution is 0.0556. The molecule has 2 atom stereocenters. The average molecular weight is 249 g/mol. The Morgan fingerprint density at radius 1 is 1.44 bits per heavy atom. The zero-order valence-corrected chi connectivity index (χ0v) is 11.0. The predicted octanol–water partition coefficient (Wildman–Crippen LogP) is -0.0373. The lowest BCUT2D eigenvalue weighted by atomic mass is 10.0. The minimum atomic E-state index is -0.760. The highest BCUT2D eigenvalue weighted by atomic mass is 32.2. The molecule has 96 valence electrons. The van der Waals surface area contributed by atoms with Gasteiger partial charge in [0.05, 0.1) is 17.5 Å². The van der Waals surface area contributed by atoms with Crippen molar-refractivity contribution in [2.24, 2.45) is 0 Å². The summed E-state index contributed by atoms with van der Waals surface area (Å²) >= 11 is 0. The van der Waals surface area contributed by atoms with Gasteiger partial charge in [0.25, 0.3) is 0 Å². The van der Waals surface area contributed by atoms with E-state index < -0.39 is 16.9 Å². The topological polar surface area (TPSA) is 60.8 Å². The van der Waals surface area contributed by atoms with E-state index in [9.17, 15) is 9.32 Å². The standard InChI is InChI=1S/C11H23NO3S/c1-3-11(4-2)9-12(5-6-16(11)15)7-10(14)8-13/h10,13-14H,3-9H2,1-2H3/t10-,16?/m0/s1. The summed E-state index contributed by atoms with van der Waals surface area (Å²) in [6.45, 7) is 5.95. The molecule has 1 heterocycles. The summed E-state index contributed by atoms with van der Waals surface area (Å²) in [5, 5.41) is 18.2. The number of aliphatic hydroxyl groups is 2. The lowest BCUT2D eigenvalue weighted by Gasteiger charge is -2.41. The fourth-order valence-electron chi connectivity index (χ4n) is 2.29. The Labute approximate surface area is 100 Å². The van der Waals surface area contributed by atoms with Gasteiger partial charge < -0.3 is 10.2 Å². The van der Waals surface area contributed by atoms with Crippen molar-refractivity contribution in [3.8, 4) is 0 Å². The third kappa shape index (κ3) is 3.03. The smallest absolute Gasteiger partial charge is 0.0897 e. The summed E-state index contributed by atoms with van der Waals surface area (Å²) < 4.78 is 11.9. The second kappa shape index (κ2) is 6.10. The van der Waals surface area contributed by atoms with E-state index in [0.717, 1.165) is 25.9 Å². The molecule has 1 aliphatic heterocycles. The summed E-state index contributed by atoms with van der Waals surface area (Å²) in [6, 6.07) is 0. The largest absolute Gasteiger partial charge is 0.394 e. The van der Waals surface area contributed by atoms with Gasteiger partial charge in [-0.05, 0) is 12.8 Å². The maximum Gasteiger partial charge on any atom is 0.0897 e. The first-order valence-corrected chi connectivity index (χ1v) is 7.29. The highest BCUT2D eigenvalue weighted by Crippen LogP contribution is 2.28. The Bertz CT molecular complexity index is 243. The lowest BCUT2D eigenvalue weighted by Crippen LogP contribution is -2.54. The molecule has 1 unspecified atom stereocenters. The first-order chi connectivity index (χ1) is 7.57. The second-order valence-electron chi connectivity index (χ2n) is 4.51. The molecule has 1 rings (SSSR count). The molecule has 0 radical (unpaired) electrons. The summed E-state index contributed by atoms with van der Waals surface area (Å²) in [4.78, 5) is 2.12. The van der Waals surface area contributed by atoms with Crippen LogP contribution < -0.4 is 0 Å². The third-order valence-corrected chi connectivity index (χ3v) is 5.78. The molecule has 4 nitrogen and oxygen atoms in total. The fraction of sp³-hybridized carbons (Fsp3) is 1.00. The molecule has 16 heavy (non-hydrogen) atoms. The zero-order valence-electron chi connectivity index (χ0n) is 10.2. The van der Waals surface area contributed by atoms with E-state index >= 15 is 0 Å². The molecular formula is C11H23NO3S.